The van der Waals surface area contributed by atoms with Crippen LogP contribution in [-0.4, -0.2) is 6.09 Å². The highest BCUT2D eigenvalue weighted by atomic mass is 79.9. The van der Waals surface area contributed by atoms with E-state index >= 15 is 0 Å². The van der Waals surface area contributed by atoms with Crippen LogP contribution >= 0.6 is 27.5 Å². The molecule has 26 heavy (non-hydrogen) atoms. The van der Waals surface area contributed by atoms with Crippen molar-refractivity contribution in [3.8, 4) is 0 Å². The molecule has 0 spiro atoms. The van der Waals surface area contributed by atoms with E-state index in [0.717, 1.165) is 11.1 Å². The highest BCUT2D eigenvalue weighted by molar-refractivity contribution is 9.15. The molecule has 130 valence electrons. The summed E-state index contributed by atoms with van der Waals surface area (Å²) < 4.78 is 6.32. The molecule has 0 fully saturated rings. The fourth-order valence-electron chi connectivity index (χ4n) is 2.34. The molecule has 0 heterocycles. The lowest BCUT2D eigenvalue weighted by atomic mass is 10.1. The van der Waals surface area contributed by atoms with Crippen LogP contribution in [0.4, 0.5) is 10.5 Å². The maximum atomic E-state index is 12.4. The van der Waals surface area contributed by atoms with E-state index in [1.165, 1.54) is 0 Å². The summed E-state index contributed by atoms with van der Waals surface area (Å²) >= 11 is 9.52. The molecule has 0 saturated carbocycles. The quantitative estimate of drug-likeness (QED) is 0.366. The number of amides is 1. The standard InChI is InChI=1S/C21H15BrClNO2/c22-19(15-8-3-1-4-9-15)20(16-10-5-2-6-11-16)26-21(25)24-18-13-7-12-17(23)14-18/h1-14H,(H,24,25)/b20-19-. The van der Waals surface area contributed by atoms with Crippen molar-refractivity contribution in [3.63, 3.8) is 0 Å². The van der Waals surface area contributed by atoms with Crippen LogP contribution in [0.1, 0.15) is 11.1 Å². The van der Waals surface area contributed by atoms with Gasteiger partial charge in [-0.3, -0.25) is 5.32 Å². The molecule has 5 heteroatoms. The van der Waals surface area contributed by atoms with Gasteiger partial charge in [0, 0.05) is 16.3 Å². The highest BCUT2D eigenvalue weighted by Crippen LogP contribution is 2.32. The van der Waals surface area contributed by atoms with Gasteiger partial charge in [0.15, 0.2) is 5.76 Å². The predicted octanol–water partition coefficient (Wildman–Crippen LogP) is 6.81. The van der Waals surface area contributed by atoms with Gasteiger partial charge in [0.2, 0.25) is 0 Å². The first-order valence-corrected chi connectivity index (χ1v) is 9.05. The zero-order chi connectivity index (χ0) is 18.4. The minimum atomic E-state index is -0.598. The van der Waals surface area contributed by atoms with Gasteiger partial charge in [0.1, 0.15) is 0 Å². The average molecular weight is 429 g/mol. The average Bonchev–Trinajstić information content (AvgIpc) is 2.67. The fraction of sp³-hybridized carbons (Fsp3) is 0. The highest BCUT2D eigenvalue weighted by Gasteiger charge is 2.15. The van der Waals surface area contributed by atoms with Crippen LogP contribution in [0, 0.1) is 0 Å². The molecule has 3 rings (SSSR count). The van der Waals surface area contributed by atoms with Crippen LogP contribution in [0.25, 0.3) is 10.2 Å². The van der Waals surface area contributed by atoms with Gasteiger partial charge >= 0.3 is 6.09 Å². The second-order valence-electron chi connectivity index (χ2n) is 5.40. The Morgan fingerprint density at radius 2 is 1.46 bits per heavy atom. The van der Waals surface area contributed by atoms with Crippen molar-refractivity contribution in [1.29, 1.82) is 0 Å². The Kier molecular flexibility index (Phi) is 6.10. The Balaban J connectivity index is 1.90. The number of nitrogens with one attached hydrogen (secondary N) is 1. The molecule has 0 saturated heterocycles. The number of anilines is 1. The van der Waals surface area contributed by atoms with E-state index in [1.54, 1.807) is 24.3 Å². The van der Waals surface area contributed by atoms with Crippen LogP contribution < -0.4 is 5.32 Å². The molecule has 0 radical (unpaired) electrons. The van der Waals surface area contributed by atoms with E-state index in [4.69, 9.17) is 16.3 Å². The number of benzene rings is 3. The van der Waals surface area contributed by atoms with E-state index in [9.17, 15) is 4.79 Å². The van der Waals surface area contributed by atoms with Gasteiger partial charge < -0.3 is 4.74 Å². The Bertz CT molecular complexity index is 927. The molecule has 0 unspecified atom stereocenters. The van der Waals surface area contributed by atoms with E-state index in [-0.39, 0.29) is 0 Å². The minimum Gasteiger partial charge on any atom is -0.408 e. The first-order chi connectivity index (χ1) is 12.6. The predicted molar refractivity (Wildman–Crippen MR) is 110 cm³/mol. The Hall–Kier alpha value is -2.56. The van der Waals surface area contributed by atoms with Crippen molar-refractivity contribution in [2.75, 3.05) is 5.32 Å². The lowest BCUT2D eigenvalue weighted by Crippen LogP contribution is -2.13. The topological polar surface area (TPSA) is 38.3 Å². The summed E-state index contributed by atoms with van der Waals surface area (Å²) in [6.45, 7) is 0. The van der Waals surface area contributed by atoms with E-state index < -0.39 is 6.09 Å². The molecule has 0 aliphatic carbocycles. The Morgan fingerprint density at radius 3 is 2.08 bits per heavy atom. The molecule has 0 aromatic heterocycles. The third-order valence-electron chi connectivity index (χ3n) is 3.53. The van der Waals surface area contributed by atoms with Gasteiger partial charge in [-0.1, -0.05) is 78.3 Å². The first-order valence-electron chi connectivity index (χ1n) is 7.88. The number of rotatable bonds is 4. The summed E-state index contributed by atoms with van der Waals surface area (Å²) in [5.74, 6) is 0.427. The molecule has 1 N–H and O–H groups in total. The summed E-state index contributed by atoms with van der Waals surface area (Å²) in [4.78, 5) is 12.4. The van der Waals surface area contributed by atoms with Gasteiger partial charge in [0.25, 0.3) is 0 Å². The van der Waals surface area contributed by atoms with Crippen LogP contribution in [0.2, 0.25) is 5.02 Å². The molecular formula is C21H15BrClNO2. The van der Waals surface area contributed by atoms with Crippen molar-refractivity contribution >= 4 is 49.6 Å². The summed E-state index contributed by atoms with van der Waals surface area (Å²) in [6, 6.07) is 26.0. The normalized spacial score (nSPS) is 11.5. The fourth-order valence-corrected chi connectivity index (χ4v) is 3.10. The molecule has 0 bridgehead atoms. The van der Waals surface area contributed by atoms with Gasteiger partial charge in [-0.05, 0) is 39.7 Å². The number of hydrogen-bond donors (Lipinski definition) is 1. The first kappa shape index (κ1) is 18.2. The van der Waals surface area contributed by atoms with Crippen molar-refractivity contribution < 1.29 is 9.53 Å². The summed E-state index contributed by atoms with van der Waals surface area (Å²) in [5.41, 5.74) is 2.25. The zero-order valence-electron chi connectivity index (χ0n) is 13.7. The summed E-state index contributed by atoms with van der Waals surface area (Å²) in [7, 11) is 0. The van der Waals surface area contributed by atoms with Gasteiger partial charge in [0.05, 0.1) is 4.48 Å². The van der Waals surface area contributed by atoms with Crippen molar-refractivity contribution in [1.82, 2.24) is 0 Å². The van der Waals surface area contributed by atoms with Gasteiger partial charge in [-0.2, -0.15) is 0 Å². The molecular weight excluding hydrogens is 414 g/mol. The van der Waals surface area contributed by atoms with E-state index in [1.807, 2.05) is 60.7 Å². The van der Waals surface area contributed by atoms with Crippen molar-refractivity contribution in [2.24, 2.45) is 0 Å². The second kappa shape index (κ2) is 8.70. The van der Waals surface area contributed by atoms with E-state index in [0.29, 0.717) is 21.0 Å². The van der Waals surface area contributed by atoms with Gasteiger partial charge in [-0.15, -0.1) is 0 Å². The van der Waals surface area contributed by atoms with Crippen LogP contribution in [0.15, 0.2) is 84.9 Å². The summed E-state index contributed by atoms with van der Waals surface area (Å²) in [6.07, 6.45) is -0.598. The van der Waals surface area contributed by atoms with Crippen LogP contribution in [-0.2, 0) is 4.74 Å². The lowest BCUT2D eigenvalue weighted by Gasteiger charge is -2.13. The molecule has 1 amide bonds. The van der Waals surface area contributed by atoms with Crippen molar-refractivity contribution in [3.05, 3.63) is 101 Å². The van der Waals surface area contributed by atoms with E-state index in [2.05, 4.69) is 21.2 Å². The van der Waals surface area contributed by atoms with Gasteiger partial charge in [-0.25, -0.2) is 4.79 Å². The monoisotopic (exact) mass is 427 g/mol. The number of ether oxygens (including phenoxy) is 1. The van der Waals surface area contributed by atoms with Crippen LogP contribution in [0.5, 0.6) is 0 Å². The molecule has 3 aromatic rings. The zero-order valence-corrected chi connectivity index (χ0v) is 16.0. The third-order valence-corrected chi connectivity index (χ3v) is 4.58. The maximum absolute atomic E-state index is 12.4. The Labute approximate surface area is 165 Å². The lowest BCUT2D eigenvalue weighted by molar-refractivity contribution is 0.207. The molecule has 3 nitrogen and oxygen atoms in total. The molecule has 0 aliphatic heterocycles. The molecule has 0 aliphatic rings. The number of halogens is 2. The largest absolute Gasteiger partial charge is 0.417 e. The SMILES string of the molecule is O=C(Nc1cccc(Cl)c1)O/C(=C(\Br)c1ccccc1)c1ccccc1. The Morgan fingerprint density at radius 1 is 0.846 bits per heavy atom. The number of hydrogen-bond acceptors (Lipinski definition) is 2. The second-order valence-corrected chi connectivity index (χ2v) is 6.63. The molecule has 3 aromatic carbocycles. The maximum Gasteiger partial charge on any atom is 0.417 e. The number of carbonyl (C=O) groups is 1. The number of carbonyl (C=O) groups excluding carboxylic acids is 1. The minimum absolute atomic E-state index is 0.427. The van der Waals surface area contributed by atoms with Crippen molar-refractivity contribution in [2.45, 2.75) is 0 Å². The molecule has 0 atom stereocenters. The third kappa shape index (κ3) is 4.75. The van der Waals surface area contributed by atoms with Crippen LogP contribution in [0.3, 0.4) is 0 Å². The smallest absolute Gasteiger partial charge is 0.408 e. The summed E-state index contributed by atoms with van der Waals surface area (Å²) in [5, 5.41) is 3.22.